The van der Waals surface area contributed by atoms with Crippen LogP contribution in [0.25, 0.3) is 0 Å². The molecule has 0 aromatic heterocycles. The Morgan fingerprint density at radius 2 is 2.20 bits per heavy atom. The van der Waals surface area contributed by atoms with Crippen molar-refractivity contribution < 1.29 is 4.79 Å². The topological polar surface area (TPSA) is 49.6 Å². The first-order valence-corrected chi connectivity index (χ1v) is 5.75. The van der Waals surface area contributed by atoms with Gasteiger partial charge in [0.1, 0.15) is 0 Å². The zero-order valence-electron chi connectivity index (χ0n) is 10.1. The van der Waals surface area contributed by atoms with E-state index in [1.165, 1.54) is 12.8 Å². The van der Waals surface area contributed by atoms with Gasteiger partial charge in [-0.05, 0) is 26.3 Å². The Kier molecular flexibility index (Phi) is 4.54. The lowest BCUT2D eigenvalue weighted by molar-refractivity contribution is -0.135. The van der Waals surface area contributed by atoms with Crippen molar-refractivity contribution in [3.05, 3.63) is 0 Å². The Bertz CT molecular complexity index is 218. The molecule has 2 atom stereocenters. The van der Waals surface area contributed by atoms with E-state index in [2.05, 4.69) is 4.90 Å². The van der Waals surface area contributed by atoms with Gasteiger partial charge in [-0.25, -0.2) is 0 Å². The molecule has 15 heavy (non-hydrogen) atoms. The summed E-state index contributed by atoms with van der Waals surface area (Å²) in [6.45, 7) is 3.64. The average molecular weight is 213 g/mol. The third kappa shape index (κ3) is 2.92. The second kappa shape index (κ2) is 5.47. The highest BCUT2D eigenvalue weighted by atomic mass is 16.2. The highest BCUT2D eigenvalue weighted by Gasteiger charge is 2.29. The summed E-state index contributed by atoms with van der Waals surface area (Å²) in [5.74, 6) is 0.176. The summed E-state index contributed by atoms with van der Waals surface area (Å²) in [4.78, 5) is 15.8. The fraction of sp³-hybridized carbons (Fsp3) is 0.909. The quantitative estimate of drug-likeness (QED) is 0.732. The number of piperidine rings is 1. The number of hydrogen-bond donors (Lipinski definition) is 1. The molecule has 2 unspecified atom stereocenters. The molecule has 0 radical (unpaired) electrons. The number of carbonyl (C=O) groups excluding carboxylic acids is 1. The van der Waals surface area contributed by atoms with E-state index in [0.29, 0.717) is 12.6 Å². The molecule has 0 bridgehead atoms. The van der Waals surface area contributed by atoms with Gasteiger partial charge in [-0.15, -0.1) is 0 Å². The summed E-state index contributed by atoms with van der Waals surface area (Å²) in [6.07, 6.45) is 3.55. The molecule has 0 saturated carbocycles. The van der Waals surface area contributed by atoms with Gasteiger partial charge in [-0.2, -0.15) is 0 Å². The first-order chi connectivity index (χ1) is 7.07. The molecule has 1 rings (SSSR count). The van der Waals surface area contributed by atoms with Crippen molar-refractivity contribution in [3.8, 4) is 0 Å². The first kappa shape index (κ1) is 12.5. The van der Waals surface area contributed by atoms with Crippen LogP contribution in [0.4, 0.5) is 0 Å². The summed E-state index contributed by atoms with van der Waals surface area (Å²) in [5.41, 5.74) is 5.74. The monoisotopic (exact) mass is 213 g/mol. The van der Waals surface area contributed by atoms with E-state index in [0.717, 1.165) is 13.0 Å². The zero-order valence-corrected chi connectivity index (χ0v) is 10.1. The summed E-state index contributed by atoms with van der Waals surface area (Å²) < 4.78 is 0. The van der Waals surface area contributed by atoms with E-state index in [1.807, 2.05) is 6.92 Å². The van der Waals surface area contributed by atoms with E-state index >= 15 is 0 Å². The Morgan fingerprint density at radius 3 is 2.73 bits per heavy atom. The van der Waals surface area contributed by atoms with Crippen LogP contribution in [0.1, 0.15) is 26.2 Å². The molecule has 0 spiro atoms. The average Bonchev–Trinajstić information content (AvgIpc) is 2.26. The maximum absolute atomic E-state index is 11.8. The zero-order chi connectivity index (χ0) is 11.4. The maximum Gasteiger partial charge on any atom is 0.239 e. The van der Waals surface area contributed by atoms with Gasteiger partial charge in [0.25, 0.3) is 0 Å². The summed E-state index contributed by atoms with van der Waals surface area (Å²) in [6, 6.07) is 0.353. The third-order valence-corrected chi connectivity index (χ3v) is 3.24. The second-order valence-electron chi connectivity index (χ2n) is 4.53. The fourth-order valence-electron chi connectivity index (χ4n) is 2.30. The summed E-state index contributed by atoms with van der Waals surface area (Å²) in [5, 5.41) is 0. The molecule has 1 fully saturated rings. The van der Waals surface area contributed by atoms with Gasteiger partial charge >= 0.3 is 0 Å². The van der Waals surface area contributed by atoms with Crippen molar-refractivity contribution in [1.82, 2.24) is 9.80 Å². The number of nitrogens with two attached hydrogens (primary N) is 1. The van der Waals surface area contributed by atoms with E-state index in [4.69, 9.17) is 5.73 Å². The predicted octanol–water partition coefficient (Wildman–Crippen LogP) is 0.276. The van der Waals surface area contributed by atoms with Gasteiger partial charge in [-0.1, -0.05) is 6.42 Å². The van der Waals surface area contributed by atoms with E-state index in [9.17, 15) is 4.79 Å². The molecular formula is C11H23N3O. The van der Waals surface area contributed by atoms with Gasteiger partial charge in [-0.3, -0.25) is 9.69 Å². The molecule has 1 heterocycles. The molecule has 4 heteroatoms. The molecule has 0 aromatic carbocycles. The highest BCUT2D eigenvalue weighted by molar-refractivity contribution is 5.81. The van der Waals surface area contributed by atoms with Crippen molar-refractivity contribution >= 4 is 5.91 Å². The Morgan fingerprint density at radius 1 is 1.53 bits per heavy atom. The molecule has 88 valence electrons. The number of likely N-dealkylation sites (N-methyl/N-ethyl adjacent to an activating group) is 1. The van der Waals surface area contributed by atoms with Crippen LogP contribution in [0, 0.1) is 0 Å². The van der Waals surface area contributed by atoms with Crippen molar-refractivity contribution in [2.45, 2.75) is 38.3 Å². The third-order valence-electron chi connectivity index (χ3n) is 3.24. The molecule has 2 N–H and O–H groups in total. The lowest BCUT2D eigenvalue weighted by atomic mass is 10.00. The van der Waals surface area contributed by atoms with Crippen molar-refractivity contribution in [2.24, 2.45) is 5.73 Å². The molecule has 1 aliphatic rings. The predicted molar refractivity (Wildman–Crippen MR) is 61.6 cm³/mol. The van der Waals surface area contributed by atoms with E-state index < -0.39 is 0 Å². The van der Waals surface area contributed by atoms with Gasteiger partial charge < -0.3 is 10.6 Å². The Hall–Kier alpha value is -0.610. The van der Waals surface area contributed by atoms with Crippen LogP contribution >= 0.6 is 0 Å². The molecule has 0 aromatic rings. The molecule has 0 aliphatic carbocycles. The van der Waals surface area contributed by atoms with Gasteiger partial charge in [0.15, 0.2) is 0 Å². The number of amides is 1. The fourth-order valence-corrected chi connectivity index (χ4v) is 2.30. The van der Waals surface area contributed by atoms with Crippen LogP contribution in [0.2, 0.25) is 0 Å². The van der Waals surface area contributed by atoms with Crippen LogP contribution < -0.4 is 5.73 Å². The van der Waals surface area contributed by atoms with Crippen molar-refractivity contribution in [2.75, 3.05) is 27.2 Å². The van der Waals surface area contributed by atoms with Crippen LogP contribution in [0.3, 0.4) is 0 Å². The number of likely N-dealkylation sites (tertiary alicyclic amines) is 1. The van der Waals surface area contributed by atoms with Crippen LogP contribution in [-0.4, -0.2) is 55.0 Å². The van der Waals surface area contributed by atoms with E-state index in [1.54, 1.807) is 19.0 Å². The molecule has 1 amide bonds. The lowest BCUT2D eigenvalue weighted by Gasteiger charge is -2.39. The van der Waals surface area contributed by atoms with Gasteiger partial charge in [0.2, 0.25) is 5.91 Å². The largest absolute Gasteiger partial charge is 0.347 e. The van der Waals surface area contributed by atoms with Crippen molar-refractivity contribution in [3.63, 3.8) is 0 Å². The van der Waals surface area contributed by atoms with Crippen LogP contribution in [0.15, 0.2) is 0 Å². The summed E-state index contributed by atoms with van der Waals surface area (Å²) in [7, 11) is 3.61. The van der Waals surface area contributed by atoms with Gasteiger partial charge in [0, 0.05) is 26.7 Å². The number of rotatable bonds is 3. The minimum Gasteiger partial charge on any atom is -0.347 e. The Balaban J connectivity index is 2.63. The minimum absolute atomic E-state index is 0.0335. The SMILES string of the molecule is CC(C(=O)N(C)C)N1CCCCC1CN. The lowest BCUT2D eigenvalue weighted by Crippen LogP contribution is -2.53. The van der Waals surface area contributed by atoms with Crippen LogP contribution in [-0.2, 0) is 4.79 Å². The minimum atomic E-state index is -0.0335. The first-order valence-electron chi connectivity index (χ1n) is 5.75. The molecule has 1 saturated heterocycles. The Labute approximate surface area is 92.4 Å². The molecule has 4 nitrogen and oxygen atoms in total. The highest BCUT2D eigenvalue weighted by Crippen LogP contribution is 2.19. The number of hydrogen-bond acceptors (Lipinski definition) is 3. The van der Waals surface area contributed by atoms with Crippen molar-refractivity contribution in [1.29, 1.82) is 0 Å². The standard InChI is InChI=1S/C11H23N3O/c1-9(11(15)13(2)3)14-7-5-4-6-10(14)8-12/h9-10H,4-8,12H2,1-3H3. The second-order valence-corrected chi connectivity index (χ2v) is 4.53. The van der Waals surface area contributed by atoms with Gasteiger partial charge in [0.05, 0.1) is 6.04 Å². The number of carbonyl (C=O) groups is 1. The maximum atomic E-state index is 11.8. The van der Waals surface area contributed by atoms with E-state index in [-0.39, 0.29) is 11.9 Å². The normalized spacial score (nSPS) is 24.9. The molecular weight excluding hydrogens is 190 g/mol. The summed E-state index contributed by atoms with van der Waals surface area (Å²) >= 11 is 0. The van der Waals surface area contributed by atoms with Crippen LogP contribution in [0.5, 0.6) is 0 Å². The smallest absolute Gasteiger partial charge is 0.239 e. The number of nitrogens with zero attached hydrogens (tertiary/aromatic N) is 2. The molecule has 1 aliphatic heterocycles.